The monoisotopic (exact) mass is 417 g/mol. The maximum atomic E-state index is 13.3. The summed E-state index contributed by atoms with van der Waals surface area (Å²) in [5, 5.41) is 9.56. The Bertz CT molecular complexity index is 1180. The summed E-state index contributed by atoms with van der Waals surface area (Å²) in [7, 11) is 0. The van der Waals surface area contributed by atoms with Gasteiger partial charge in [0.1, 0.15) is 5.82 Å². The first kappa shape index (κ1) is 20.8. The Morgan fingerprint density at radius 3 is 2.06 bits per heavy atom. The largest absolute Gasteiger partial charge is 0.481 e. The fourth-order valence-electron chi connectivity index (χ4n) is 4.47. The molecule has 0 saturated carbocycles. The molecule has 0 saturated heterocycles. The number of hydrogen-bond donors (Lipinski definition) is 1. The van der Waals surface area contributed by atoms with E-state index in [1.165, 1.54) is 24.3 Å². The quantitative estimate of drug-likeness (QED) is 0.635. The Kier molecular flexibility index (Phi) is 5.36. The molecule has 1 N–H and O–H groups in total. The van der Waals surface area contributed by atoms with Gasteiger partial charge in [-0.1, -0.05) is 29.8 Å². The summed E-state index contributed by atoms with van der Waals surface area (Å²) in [5.41, 5.74) is 8.30. The average molecular weight is 417 g/mol. The summed E-state index contributed by atoms with van der Waals surface area (Å²) in [5.74, 6) is -1.42. The molecule has 31 heavy (non-hydrogen) atoms. The molecule has 0 aromatic heterocycles. The van der Waals surface area contributed by atoms with Gasteiger partial charge in [0.15, 0.2) is 0 Å². The van der Waals surface area contributed by atoms with E-state index in [0.717, 1.165) is 44.5 Å². The average Bonchev–Trinajstić information content (AvgIpc) is 3.19. The third-order valence-electron chi connectivity index (χ3n) is 6.14. The van der Waals surface area contributed by atoms with Crippen LogP contribution in [0.1, 0.15) is 43.7 Å². The number of nitrogens with zero attached hydrogens (tertiary/aromatic N) is 1. The maximum absolute atomic E-state index is 13.3. The van der Waals surface area contributed by atoms with Gasteiger partial charge >= 0.3 is 5.97 Å². The van der Waals surface area contributed by atoms with Gasteiger partial charge in [0.2, 0.25) is 0 Å². The number of aryl methyl sites for hydroxylation is 1. The third kappa shape index (κ3) is 3.83. The van der Waals surface area contributed by atoms with Crippen molar-refractivity contribution in [1.82, 2.24) is 4.90 Å². The van der Waals surface area contributed by atoms with Crippen LogP contribution in [0.3, 0.4) is 0 Å². The highest BCUT2D eigenvalue weighted by Crippen LogP contribution is 2.40. The topological polar surface area (TPSA) is 57.6 Å². The molecule has 5 heteroatoms. The van der Waals surface area contributed by atoms with Gasteiger partial charge in [-0.15, -0.1) is 0 Å². The molecule has 0 spiro atoms. The molecular weight excluding hydrogens is 393 g/mol. The summed E-state index contributed by atoms with van der Waals surface area (Å²) in [6, 6.07) is 13.6. The van der Waals surface area contributed by atoms with E-state index in [9.17, 15) is 19.1 Å². The van der Waals surface area contributed by atoms with Crippen molar-refractivity contribution in [1.29, 1.82) is 0 Å². The summed E-state index contributed by atoms with van der Waals surface area (Å²) in [6.07, 6.45) is -0.0743. The van der Waals surface area contributed by atoms with Crippen molar-refractivity contribution in [2.24, 2.45) is 0 Å². The molecule has 3 aromatic rings. The second kappa shape index (κ2) is 7.99. The van der Waals surface area contributed by atoms with E-state index >= 15 is 0 Å². The van der Waals surface area contributed by atoms with Gasteiger partial charge in [-0.25, -0.2) is 4.39 Å². The Morgan fingerprint density at radius 1 is 0.903 bits per heavy atom. The number of carbonyl (C=O) groups is 2. The Labute approximate surface area is 181 Å². The molecule has 4 nitrogen and oxygen atoms in total. The van der Waals surface area contributed by atoms with Gasteiger partial charge in [-0.05, 0) is 84.0 Å². The standard InChI is InChI=1S/C26H24FNO3/c1-15-4-6-18(7-5-15)25-17(3)23-14-28(26(31)19-8-10-20(27)11-9-19)13-22(23)16(2)21(25)12-24(29)30/h4-11H,12-14H2,1-3H3,(H,29,30). The highest BCUT2D eigenvalue weighted by molar-refractivity contribution is 5.95. The molecule has 0 aliphatic carbocycles. The zero-order valence-electron chi connectivity index (χ0n) is 17.8. The predicted molar refractivity (Wildman–Crippen MR) is 117 cm³/mol. The van der Waals surface area contributed by atoms with Crippen molar-refractivity contribution in [3.63, 3.8) is 0 Å². The van der Waals surface area contributed by atoms with Crippen LogP contribution < -0.4 is 0 Å². The van der Waals surface area contributed by atoms with E-state index in [-0.39, 0.29) is 18.1 Å². The number of carbonyl (C=O) groups excluding carboxylic acids is 1. The highest BCUT2D eigenvalue weighted by Gasteiger charge is 2.30. The van der Waals surface area contributed by atoms with Crippen molar-refractivity contribution >= 4 is 11.9 Å². The number of carboxylic acid groups (broad SMARTS) is 1. The van der Waals surface area contributed by atoms with E-state index < -0.39 is 5.97 Å². The minimum absolute atomic E-state index is 0.0743. The Balaban J connectivity index is 1.80. The second-order valence-electron chi connectivity index (χ2n) is 8.17. The van der Waals surface area contributed by atoms with Crippen LogP contribution in [0.5, 0.6) is 0 Å². The first-order valence-electron chi connectivity index (χ1n) is 10.2. The molecule has 0 unspecified atom stereocenters. The number of hydrogen-bond acceptors (Lipinski definition) is 2. The molecule has 4 rings (SSSR count). The summed E-state index contributed by atoms with van der Waals surface area (Å²) >= 11 is 0. The SMILES string of the molecule is Cc1ccc(-c2c(C)c3c(c(C)c2CC(=O)O)CN(C(=O)c2ccc(F)cc2)C3)cc1. The first-order chi connectivity index (χ1) is 14.8. The zero-order valence-corrected chi connectivity index (χ0v) is 17.8. The lowest BCUT2D eigenvalue weighted by atomic mass is 9.84. The van der Waals surface area contributed by atoms with E-state index in [4.69, 9.17) is 0 Å². The van der Waals surface area contributed by atoms with Gasteiger partial charge in [0.05, 0.1) is 6.42 Å². The summed E-state index contributed by atoms with van der Waals surface area (Å²) in [4.78, 5) is 26.4. The van der Waals surface area contributed by atoms with E-state index in [0.29, 0.717) is 18.7 Å². The van der Waals surface area contributed by atoms with E-state index in [1.54, 1.807) is 4.90 Å². The van der Waals surface area contributed by atoms with Crippen LogP contribution in [0.2, 0.25) is 0 Å². The van der Waals surface area contributed by atoms with Gasteiger partial charge in [-0.3, -0.25) is 9.59 Å². The molecule has 158 valence electrons. The van der Waals surface area contributed by atoms with Gasteiger partial charge in [0.25, 0.3) is 5.91 Å². The van der Waals surface area contributed by atoms with Crippen molar-refractivity contribution < 1.29 is 19.1 Å². The molecular formula is C26H24FNO3. The van der Waals surface area contributed by atoms with E-state index in [1.807, 2.05) is 45.0 Å². The zero-order chi connectivity index (χ0) is 22.3. The minimum Gasteiger partial charge on any atom is -0.481 e. The Morgan fingerprint density at radius 2 is 1.48 bits per heavy atom. The number of aliphatic carboxylic acids is 1. The van der Waals surface area contributed by atoms with Gasteiger partial charge in [0, 0.05) is 18.7 Å². The third-order valence-corrected chi connectivity index (χ3v) is 6.14. The molecule has 1 aliphatic heterocycles. The minimum atomic E-state index is -0.881. The molecule has 1 aliphatic rings. The van der Waals surface area contributed by atoms with Crippen molar-refractivity contribution in [3.05, 3.63) is 93.3 Å². The number of fused-ring (bicyclic) bond motifs is 1. The van der Waals surface area contributed by atoms with Crippen LogP contribution in [-0.4, -0.2) is 21.9 Å². The molecule has 0 radical (unpaired) electrons. The van der Waals surface area contributed by atoms with Crippen LogP contribution in [0.15, 0.2) is 48.5 Å². The van der Waals surface area contributed by atoms with Crippen molar-refractivity contribution in [2.45, 2.75) is 40.3 Å². The van der Waals surface area contributed by atoms with Crippen LogP contribution in [-0.2, 0) is 24.3 Å². The van der Waals surface area contributed by atoms with Crippen molar-refractivity contribution in [3.8, 4) is 11.1 Å². The molecule has 3 aromatic carbocycles. The molecule has 0 fully saturated rings. The normalized spacial score (nSPS) is 12.7. The summed E-state index contributed by atoms with van der Waals surface area (Å²) < 4.78 is 13.3. The van der Waals surface area contributed by atoms with Crippen LogP contribution in [0.25, 0.3) is 11.1 Å². The molecule has 1 amide bonds. The number of carboxylic acids is 1. The molecule has 1 heterocycles. The Hall–Kier alpha value is -3.47. The van der Waals surface area contributed by atoms with Gasteiger partial charge < -0.3 is 10.0 Å². The first-order valence-corrected chi connectivity index (χ1v) is 10.2. The second-order valence-corrected chi connectivity index (χ2v) is 8.17. The fourth-order valence-corrected chi connectivity index (χ4v) is 4.47. The molecule has 0 bridgehead atoms. The van der Waals surface area contributed by atoms with Gasteiger partial charge in [-0.2, -0.15) is 0 Å². The predicted octanol–water partition coefficient (Wildman–Crippen LogP) is 5.20. The van der Waals surface area contributed by atoms with Crippen molar-refractivity contribution in [2.75, 3.05) is 0 Å². The number of rotatable bonds is 4. The fraction of sp³-hybridized carbons (Fsp3) is 0.231. The van der Waals surface area contributed by atoms with E-state index in [2.05, 4.69) is 0 Å². The summed E-state index contributed by atoms with van der Waals surface area (Å²) in [6.45, 7) is 6.83. The van der Waals surface area contributed by atoms with Crippen LogP contribution in [0.4, 0.5) is 4.39 Å². The number of benzene rings is 3. The lowest BCUT2D eigenvalue weighted by molar-refractivity contribution is -0.136. The van der Waals surface area contributed by atoms with Crippen LogP contribution in [0, 0.1) is 26.6 Å². The highest BCUT2D eigenvalue weighted by atomic mass is 19.1. The van der Waals surface area contributed by atoms with Crippen LogP contribution >= 0.6 is 0 Å². The maximum Gasteiger partial charge on any atom is 0.307 e. The number of halogens is 1. The smallest absolute Gasteiger partial charge is 0.307 e. The lowest BCUT2D eigenvalue weighted by Gasteiger charge is -2.19. The molecule has 0 atom stereocenters. The number of amides is 1. The lowest BCUT2D eigenvalue weighted by Crippen LogP contribution is -2.25.